The first kappa shape index (κ1) is 23.0. The van der Waals surface area contributed by atoms with Crippen molar-refractivity contribution in [1.82, 2.24) is 4.98 Å². The molecule has 2 saturated carbocycles. The fraction of sp³-hybridized carbons (Fsp3) is 0.483. The van der Waals surface area contributed by atoms with Crippen LogP contribution >= 0.6 is 0 Å². The number of fused-ring (bicyclic) bond motifs is 1. The van der Waals surface area contributed by atoms with E-state index in [2.05, 4.69) is 36.9 Å². The smallest absolute Gasteiger partial charge is 0.132 e. The summed E-state index contributed by atoms with van der Waals surface area (Å²) in [7, 11) is 5.09. The van der Waals surface area contributed by atoms with Crippen LogP contribution in [0.5, 0.6) is 11.5 Å². The van der Waals surface area contributed by atoms with Crippen LogP contribution in [-0.4, -0.2) is 39.4 Å². The van der Waals surface area contributed by atoms with Gasteiger partial charge in [0.25, 0.3) is 0 Å². The van der Waals surface area contributed by atoms with Crippen LogP contribution in [0.3, 0.4) is 0 Å². The Morgan fingerprint density at radius 3 is 2.00 bits per heavy atom. The summed E-state index contributed by atoms with van der Waals surface area (Å²) in [6.07, 6.45) is 5.46. The molecule has 0 saturated heterocycles. The van der Waals surface area contributed by atoms with Crippen LogP contribution < -0.4 is 14.4 Å². The summed E-state index contributed by atoms with van der Waals surface area (Å²) in [5, 5.41) is 1.25. The second-order valence-corrected chi connectivity index (χ2v) is 10.1. The largest absolute Gasteiger partial charge is 0.496 e. The van der Waals surface area contributed by atoms with Gasteiger partial charge in [0.15, 0.2) is 0 Å². The van der Waals surface area contributed by atoms with Crippen LogP contribution in [0.2, 0.25) is 0 Å². The van der Waals surface area contributed by atoms with Crippen molar-refractivity contribution in [3.8, 4) is 22.8 Å². The quantitative estimate of drug-likeness (QED) is 0.355. The number of hydrogen-bond acceptors (Lipinski definition) is 5. The molecule has 0 bridgehead atoms. The molecule has 0 aliphatic heterocycles. The zero-order valence-corrected chi connectivity index (χ0v) is 21.1. The van der Waals surface area contributed by atoms with Gasteiger partial charge in [0, 0.05) is 31.3 Å². The van der Waals surface area contributed by atoms with Crippen LogP contribution in [0.1, 0.15) is 42.4 Å². The minimum absolute atomic E-state index is 0.497. The third-order valence-corrected chi connectivity index (χ3v) is 7.16. The Hall–Kier alpha value is -2.79. The molecule has 0 unspecified atom stereocenters. The molecule has 0 amide bonds. The van der Waals surface area contributed by atoms with Gasteiger partial charge >= 0.3 is 0 Å². The highest BCUT2D eigenvalue weighted by Crippen LogP contribution is 2.43. The lowest BCUT2D eigenvalue weighted by molar-refractivity contribution is 0.184. The minimum atomic E-state index is 0.497. The molecule has 0 atom stereocenters. The van der Waals surface area contributed by atoms with Gasteiger partial charge in [0.05, 0.1) is 37.6 Å². The molecular weight excluding hydrogens is 424 g/mol. The molecule has 34 heavy (non-hydrogen) atoms. The van der Waals surface area contributed by atoms with Crippen molar-refractivity contribution in [3.05, 3.63) is 47.0 Å². The van der Waals surface area contributed by atoms with Gasteiger partial charge in [0.2, 0.25) is 0 Å². The van der Waals surface area contributed by atoms with E-state index in [0.717, 1.165) is 64.3 Å². The number of hydrogen-bond donors (Lipinski definition) is 0. The second kappa shape index (κ2) is 9.46. The number of aryl methyl sites for hydroxylation is 2. The van der Waals surface area contributed by atoms with E-state index in [1.165, 1.54) is 42.3 Å². The predicted molar refractivity (Wildman–Crippen MR) is 138 cm³/mol. The van der Waals surface area contributed by atoms with Crippen molar-refractivity contribution in [2.75, 3.05) is 39.3 Å². The topological polar surface area (TPSA) is 43.8 Å². The average Bonchev–Trinajstić information content (AvgIpc) is 3.76. The molecule has 3 aromatic rings. The Morgan fingerprint density at radius 2 is 1.47 bits per heavy atom. The molecule has 2 aromatic carbocycles. The molecular formula is C29H36N2O3. The SMILES string of the molecule is COCc1cc(OC)c(-c2nc3c(C)ccc(N(CC4CC4)CC4CC4)c3cc2C)c(OC)c1. The van der Waals surface area contributed by atoms with E-state index >= 15 is 0 Å². The Labute approximate surface area is 203 Å². The van der Waals surface area contributed by atoms with Crippen molar-refractivity contribution in [3.63, 3.8) is 0 Å². The molecule has 5 rings (SSSR count). The molecule has 0 N–H and O–H groups in total. The summed E-state index contributed by atoms with van der Waals surface area (Å²) < 4.78 is 16.9. The van der Waals surface area contributed by atoms with E-state index in [1.807, 2.05) is 12.1 Å². The summed E-state index contributed by atoms with van der Waals surface area (Å²) in [6, 6.07) is 10.9. The van der Waals surface area contributed by atoms with Gasteiger partial charge in [-0.05, 0) is 92.3 Å². The van der Waals surface area contributed by atoms with Gasteiger partial charge in [-0.2, -0.15) is 0 Å². The van der Waals surface area contributed by atoms with Gasteiger partial charge in [-0.1, -0.05) is 6.07 Å². The van der Waals surface area contributed by atoms with Gasteiger partial charge in [-0.3, -0.25) is 0 Å². The molecule has 0 radical (unpaired) electrons. The molecule has 2 fully saturated rings. The first-order valence-electron chi connectivity index (χ1n) is 12.4. The number of rotatable bonds is 10. The lowest BCUT2D eigenvalue weighted by Crippen LogP contribution is -2.28. The van der Waals surface area contributed by atoms with E-state index in [9.17, 15) is 0 Å². The van der Waals surface area contributed by atoms with Crippen molar-refractivity contribution in [1.29, 1.82) is 0 Å². The van der Waals surface area contributed by atoms with Gasteiger partial charge < -0.3 is 19.1 Å². The zero-order chi connectivity index (χ0) is 23.8. The molecule has 5 nitrogen and oxygen atoms in total. The summed E-state index contributed by atoms with van der Waals surface area (Å²) in [6.45, 7) is 7.12. The third kappa shape index (κ3) is 4.58. The summed E-state index contributed by atoms with van der Waals surface area (Å²) in [5.41, 5.74) is 7.49. The maximum atomic E-state index is 5.81. The van der Waals surface area contributed by atoms with E-state index < -0.39 is 0 Å². The predicted octanol–water partition coefficient (Wildman–Crippen LogP) is 6.31. The molecule has 0 spiro atoms. The fourth-order valence-electron chi connectivity index (χ4n) is 4.96. The molecule has 2 aliphatic rings. The summed E-state index contributed by atoms with van der Waals surface area (Å²) >= 11 is 0. The van der Waals surface area contributed by atoms with Crippen LogP contribution in [-0.2, 0) is 11.3 Å². The van der Waals surface area contributed by atoms with Gasteiger partial charge in [-0.15, -0.1) is 0 Å². The average molecular weight is 461 g/mol. The van der Waals surface area contributed by atoms with E-state index in [-0.39, 0.29) is 0 Å². The van der Waals surface area contributed by atoms with Crippen molar-refractivity contribution in [2.45, 2.75) is 46.1 Å². The lowest BCUT2D eigenvalue weighted by Gasteiger charge is -2.27. The number of nitrogens with zero attached hydrogens (tertiary/aromatic N) is 2. The number of benzene rings is 2. The van der Waals surface area contributed by atoms with E-state index in [0.29, 0.717) is 6.61 Å². The number of ether oxygens (including phenoxy) is 3. The first-order valence-corrected chi connectivity index (χ1v) is 12.4. The third-order valence-electron chi connectivity index (χ3n) is 7.16. The van der Waals surface area contributed by atoms with Crippen LogP contribution in [0.25, 0.3) is 22.2 Å². The summed E-state index contributed by atoms with van der Waals surface area (Å²) in [4.78, 5) is 7.89. The van der Waals surface area contributed by atoms with Crippen molar-refractivity contribution in [2.24, 2.45) is 11.8 Å². The number of methoxy groups -OCH3 is 3. The second-order valence-electron chi connectivity index (χ2n) is 10.1. The molecule has 1 aromatic heterocycles. The molecule has 180 valence electrons. The molecule has 2 aliphatic carbocycles. The number of pyridine rings is 1. The standard InChI is InChI=1S/C29H36N2O3/c1-18-6-11-24(31(15-20-7-8-20)16-21-9-10-21)23-12-19(2)29(30-28(18)23)27-25(33-4)13-22(17-32-3)14-26(27)34-5/h6,11-14,20-21H,7-10,15-17H2,1-5H3. The van der Waals surface area contributed by atoms with Crippen molar-refractivity contribution >= 4 is 16.6 Å². The van der Waals surface area contributed by atoms with Crippen LogP contribution in [0.4, 0.5) is 5.69 Å². The Bertz CT molecular complexity index is 1160. The van der Waals surface area contributed by atoms with Crippen LogP contribution in [0.15, 0.2) is 30.3 Å². The Balaban J connectivity index is 1.65. The van der Waals surface area contributed by atoms with E-state index in [4.69, 9.17) is 19.2 Å². The van der Waals surface area contributed by atoms with Crippen molar-refractivity contribution < 1.29 is 14.2 Å². The maximum absolute atomic E-state index is 5.81. The van der Waals surface area contributed by atoms with E-state index in [1.54, 1.807) is 21.3 Å². The Kier molecular flexibility index (Phi) is 6.39. The highest BCUT2D eigenvalue weighted by molar-refractivity contribution is 5.97. The Morgan fingerprint density at radius 1 is 0.853 bits per heavy atom. The normalized spacial score (nSPS) is 15.6. The monoisotopic (exact) mass is 460 g/mol. The maximum Gasteiger partial charge on any atom is 0.132 e. The molecule has 1 heterocycles. The number of aromatic nitrogens is 1. The van der Waals surface area contributed by atoms with Gasteiger partial charge in [0.1, 0.15) is 11.5 Å². The lowest BCUT2D eigenvalue weighted by atomic mass is 9.98. The molecule has 5 heteroatoms. The number of anilines is 1. The fourth-order valence-corrected chi connectivity index (χ4v) is 4.96. The van der Waals surface area contributed by atoms with Gasteiger partial charge in [-0.25, -0.2) is 4.98 Å². The first-order chi connectivity index (χ1) is 16.5. The summed E-state index contributed by atoms with van der Waals surface area (Å²) in [5.74, 6) is 3.20. The highest BCUT2D eigenvalue weighted by atomic mass is 16.5. The van der Waals surface area contributed by atoms with Crippen LogP contribution in [0, 0.1) is 25.7 Å². The highest BCUT2D eigenvalue weighted by Gasteiger charge is 2.30. The zero-order valence-electron chi connectivity index (χ0n) is 21.1. The minimum Gasteiger partial charge on any atom is -0.496 e.